The molecule has 0 bridgehead atoms. The van der Waals surface area contributed by atoms with Crippen LogP contribution in [0.3, 0.4) is 0 Å². The van der Waals surface area contributed by atoms with E-state index in [4.69, 9.17) is 4.74 Å². The molecule has 1 unspecified atom stereocenters. The maximum atomic E-state index is 9.47. The number of para-hydroxylation sites is 1. The van der Waals surface area contributed by atoms with Crippen molar-refractivity contribution in [2.24, 2.45) is 0 Å². The van der Waals surface area contributed by atoms with Gasteiger partial charge in [-0.1, -0.05) is 25.1 Å². The molecule has 0 radical (unpaired) electrons. The molecule has 0 amide bonds. The first-order chi connectivity index (χ1) is 10.1. The number of rotatable bonds is 6. The Morgan fingerprint density at radius 1 is 1.38 bits per heavy atom. The largest absolute Gasteiger partial charge is 0.394 e. The average molecular weight is 292 g/mol. The second-order valence-electron chi connectivity index (χ2n) is 6.37. The molecular formula is C17H28N2O2. The molecule has 118 valence electrons. The van der Waals surface area contributed by atoms with E-state index in [1.807, 2.05) is 0 Å². The van der Waals surface area contributed by atoms with Gasteiger partial charge in [-0.15, -0.1) is 0 Å². The Morgan fingerprint density at radius 2 is 2.14 bits per heavy atom. The van der Waals surface area contributed by atoms with Gasteiger partial charge in [0.1, 0.15) is 0 Å². The summed E-state index contributed by atoms with van der Waals surface area (Å²) in [5.74, 6) is 0. The lowest BCUT2D eigenvalue weighted by molar-refractivity contribution is -0.101. The molecule has 0 aliphatic carbocycles. The summed E-state index contributed by atoms with van der Waals surface area (Å²) >= 11 is 0. The third-order valence-corrected chi connectivity index (χ3v) is 3.76. The standard InChI is InChI=1S/C17H28N2O2/c1-4-9-18-10-14-7-5-6-8-16(14)19-11-15(12-20)21-17(2,3)13-19/h5-8,15,18,20H,4,9-13H2,1-3H3. The summed E-state index contributed by atoms with van der Waals surface area (Å²) in [5.41, 5.74) is 2.31. The summed E-state index contributed by atoms with van der Waals surface area (Å²) in [7, 11) is 0. The van der Waals surface area contributed by atoms with E-state index in [0.717, 1.165) is 32.6 Å². The van der Waals surface area contributed by atoms with Gasteiger partial charge in [-0.3, -0.25) is 0 Å². The Kier molecular flexibility index (Phi) is 5.62. The normalized spacial score (nSPS) is 21.5. The Bertz CT molecular complexity index is 448. The highest BCUT2D eigenvalue weighted by molar-refractivity contribution is 5.54. The molecule has 0 saturated carbocycles. The van der Waals surface area contributed by atoms with Gasteiger partial charge in [0.25, 0.3) is 0 Å². The van der Waals surface area contributed by atoms with Crippen molar-refractivity contribution in [1.82, 2.24) is 5.32 Å². The van der Waals surface area contributed by atoms with Crippen LogP contribution in [0.5, 0.6) is 0 Å². The van der Waals surface area contributed by atoms with Gasteiger partial charge in [0, 0.05) is 25.3 Å². The number of nitrogens with one attached hydrogen (secondary N) is 1. The molecule has 4 heteroatoms. The van der Waals surface area contributed by atoms with E-state index in [9.17, 15) is 5.11 Å². The van der Waals surface area contributed by atoms with Gasteiger partial charge in [-0.05, 0) is 38.4 Å². The Balaban J connectivity index is 2.16. The monoisotopic (exact) mass is 292 g/mol. The number of anilines is 1. The third-order valence-electron chi connectivity index (χ3n) is 3.76. The Hall–Kier alpha value is -1.10. The molecule has 1 saturated heterocycles. The van der Waals surface area contributed by atoms with Crippen molar-refractivity contribution < 1.29 is 9.84 Å². The smallest absolute Gasteiger partial charge is 0.0988 e. The van der Waals surface area contributed by atoms with E-state index < -0.39 is 0 Å². The third kappa shape index (κ3) is 4.43. The van der Waals surface area contributed by atoms with Crippen LogP contribution in [0.2, 0.25) is 0 Å². The van der Waals surface area contributed by atoms with Crippen molar-refractivity contribution in [3.8, 4) is 0 Å². The predicted octanol–water partition coefficient (Wildman–Crippen LogP) is 2.16. The minimum Gasteiger partial charge on any atom is -0.394 e. The summed E-state index contributed by atoms with van der Waals surface area (Å²) in [6.45, 7) is 9.90. The second-order valence-corrected chi connectivity index (χ2v) is 6.37. The molecule has 2 rings (SSSR count). The van der Waals surface area contributed by atoms with Crippen LogP contribution in [0.25, 0.3) is 0 Å². The minimum absolute atomic E-state index is 0.0657. The maximum absolute atomic E-state index is 9.47. The highest BCUT2D eigenvalue weighted by Crippen LogP contribution is 2.28. The fraction of sp³-hybridized carbons (Fsp3) is 0.647. The SMILES string of the molecule is CCCNCc1ccccc1N1CC(CO)OC(C)(C)C1. The summed E-state index contributed by atoms with van der Waals surface area (Å²) in [5, 5.41) is 12.9. The van der Waals surface area contributed by atoms with Gasteiger partial charge in [0.15, 0.2) is 0 Å². The topological polar surface area (TPSA) is 44.7 Å². The van der Waals surface area contributed by atoms with Gasteiger partial charge in [0.2, 0.25) is 0 Å². The number of hydrogen-bond acceptors (Lipinski definition) is 4. The van der Waals surface area contributed by atoms with E-state index in [0.29, 0.717) is 0 Å². The van der Waals surface area contributed by atoms with Gasteiger partial charge < -0.3 is 20.1 Å². The van der Waals surface area contributed by atoms with Gasteiger partial charge >= 0.3 is 0 Å². The Morgan fingerprint density at radius 3 is 2.86 bits per heavy atom. The number of aliphatic hydroxyl groups is 1. The molecule has 2 N–H and O–H groups in total. The Labute approximate surface area is 128 Å². The summed E-state index contributed by atoms with van der Waals surface area (Å²) in [6, 6.07) is 8.50. The van der Waals surface area contributed by atoms with Crippen LogP contribution in [0, 0.1) is 0 Å². The fourth-order valence-electron chi connectivity index (χ4n) is 2.94. The van der Waals surface area contributed by atoms with Crippen LogP contribution >= 0.6 is 0 Å². The number of ether oxygens (including phenoxy) is 1. The molecular weight excluding hydrogens is 264 g/mol. The molecule has 0 aromatic heterocycles. The predicted molar refractivity (Wildman–Crippen MR) is 86.7 cm³/mol. The molecule has 4 nitrogen and oxygen atoms in total. The van der Waals surface area contributed by atoms with Crippen molar-refractivity contribution in [2.45, 2.75) is 45.4 Å². The van der Waals surface area contributed by atoms with Crippen molar-refractivity contribution in [3.63, 3.8) is 0 Å². The number of aliphatic hydroxyl groups excluding tert-OH is 1. The van der Waals surface area contributed by atoms with Gasteiger partial charge in [0.05, 0.1) is 18.3 Å². The van der Waals surface area contributed by atoms with E-state index in [-0.39, 0.29) is 18.3 Å². The van der Waals surface area contributed by atoms with E-state index in [1.165, 1.54) is 11.3 Å². The molecule has 1 aliphatic rings. The molecule has 1 aromatic rings. The first-order valence-electron chi connectivity index (χ1n) is 7.88. The van der Waals surface area contributed by atoms with Gasteiger partial charge in [-0.2, -0.15) is 0 Å². The molecule has 1 aromatic carbocycles. The molecule has 1 heterocycles. The van der Waals surface area contributed by atoms with Crippen LogP contribution in [-0.4, -0.2) is 43.1 Å². The maximum Gasteiger partial charge on any atom is 0.0988 e. The fourth-order valence-corrected chi connectivity index (χ4v) is 2.94. The molecule has 1 fully saturated rings. The summed E-state index contributed by atoms with van der Waals surface area (Å²) in [6.07, 6.45) is 1.02. The molecule has 0 spiro atoms. The highest BCUT2D eigenvalue weighted by Gasteiger charge is 2.33. The van der Waals surface area contributed by atoms with Crippen LogP contribution in [0.15, 0.2) is 24.3 Å². The van der Waals surface area contributed by atoms with Crippen LogP contribution < -0.4 is 10.2 Å². The van der Waals surface area contributed by atoms with Crippen molar-refractivity contribution >= 4 is 5.69 Å². The lowest BCUT2D eigenvalue weighted by Crippen LogP contribution is -2.54. The van der Waals surface area contributed by atoms with Crippen molar-refractivity contribution in [1.29, 1.82) is 0 Å². The lowest BCUT2D eigenvalue weighted by Gasteiger charge is -2.44. The number of nitrogens with zero attached hydrogens (tertiary/aromatic N) is 1. The van der Waals surface area contributed by atoms with Crippen LogP contribution in [0.4, 0.5) is 5.69 Å². The van der Waals surface area contributed by atoms with Crippen LogP contribution in [0.1, 0.15) is 32.8 Å². The number of morpholine rings is 1. The number of hydrogen-bond donors (Lipinski definition) is 2. The average Bonchev–Trinajstić information content (AvgIpc) is 2.46. The molecule has 1 atom stereocenters. The number of benzene rings is 1. The van der Waals surface area contributed by atoms with Crippen molar-refractivity contribution in [2.75, 3.05) is 31.1 Å². The first kappa shape index (κ1) is 16.3. The van der Waals surface area contributed by atoms with E-state index in [2.05, 4.69) is 55.3 Å². The molecule has 1 aliphatic heterocycles. The minimum atomic E-state index is -0.240. The first-order valence-corrected chi connectivity index (χ1v) is 7.88. The zero-order valence-corrected chi connectivity index (χ0v) is 13.4. The molecule has 21 heavy (non-hydrogen) atoms. The van der Waals surface area contributed by atoms with Crippen LogP contribution in [-0.2, 0) is 11.3 Å². The zero-order chi connectivity index (χ0) is 15.3. The summed E-state index contributed by atoms with van der Waals surface area (Å²) in [4.78, 5) is 2.34. The second kappa shape index (κ2) is 7.25. The van der Waals surface area contributed by atoms with Gasteiger partial charge in [-0.25, -0.2) is 0 Å². The summed E-state index contributed by atoms with van der Waals surface area (Å²) < 4.78 is 5.91. The zero-order valence-electron chi connectivity index (χ0n) is 13.4. The highest BCUT2D eigenvalue weighted by atomic mass is 16.5. The van der Waals surface area contributed by atoms with E-state index in [1.54, 1.807) is 0 Å². The lowest BCUT2D eigenvalue weighted by atomic mass is 10.0. The van der Waals surface area contributed by atoms with Crippen molar-refractivity contribution in [3.05, 3.63) is 29.8 Å². The van der Waals surface area contributed by atoms with E-state index >= 15 is 0 Å². The quantitative estimate of drug-likeness (QED) is 0.789.